The van der Waals surface area contributed by atoms with Crippen molar-refractivity contribution in [2.45, 2.75) is 24.7 Å². The molecular formula is C19H27BClN6OP. The summed E-state index contributed by atoms with van der Waals surface area (Å²) in [5.74, 6) is 0.403. The lowest BCUT2D eigenvalue weighted by atomic mass is 9.82. The van der Waals surface area contributed by atoms with Gasteiger partial charge in [0, 0.05) is 23.2 Å². The van der Waals surface area contributed by atoms with Crippen LogP contribution in [-0.2, 0) is 4.57 Å². The smallest absolute Gasteiger partial charge is 0.176 e. The Labute approximate surface area is 177 Å². The number of hydrogen-bond acceptors (Lipinski definition) is 7. The lowest BCUT2D eigenvalue weighted by molar-refractivity contribution is 0.438. The summed E-state index contributed by atoms with van der Waals surface area (Å²) >= 11 is 6.35. The van der Waals surface area contributed by atoms with Crippen molar-refractivity contribution in [2.75, 3.05) is 18.6 Å². The molecule has 0 saturated heterocycles. The van der Waals surface area contributed by atoms with Crippen LogP contribution in [0.3, 0.4) is 0 Å². The highest BCUT2D eigenvalue weighted by Crippen LogP contribution is 2.37. The summed E-state index contributed by atoms with van der Waals surface area (Å²) < 4.78 is 12.6. The Bertz CT molecular complexity index is 952. The largest absolute Gasteiger partial charge is 0.399 e. The molecule has 1 aliphatic heterocycles. The van der Waals surface area contributed by atoms with Crippen molar-refractivity contribution in [3.63, 3.8) is 0 Å². The summed E-state index contributed by atoms with van der Waals surface area (Å²) in [4.78, 5) is 4.65. The second-order valence-electron chi connectivity index (χ2n) is 7.64. The van der Waals surface area contributed by atoms with Crippen LogP contribution in [0.2, 0.25) is 0 Å². The number of anilines is 1. The minimum atomic E-state index is -2.46. The number of amidine groups is 1. The second kappa shape index (κ2) is 8.80. The van der Waals surface area contributed by atoms with Gasteiger partial charge in [-0.3, -0.25) is 5.32 Å². The summed E-state index contributed by atoms with van der Waals surface area (Å²) in [6.45, 7) is 3.48. The van der Waals surface area contributed by atoms with Crippen LogP contribution in [-0.4, -0.2) is 45.3 Å². The number of benzene rings is 1. The molecule has 7 N–H and O–H groups in total. The van der Waals surface area contributed by atoms with E-state index in [-0.39, 0.29) is 18.3 Å². The zero-order valence-corrected chi connectivity index (χ0v) is 18.5. The van der Waals surface area contributed by atoms with Gasteiger partial charge in [0.05, 0.1) is 10.7 Å². The Balaban J connectivity index is 1.76. The van der Waals surface area contributed by atoms with E-state index in [9.17, 15) is 4.57 Å². The van der Waals surface area contributed by atoms with Gasteiger partial charge in [0.2, 0.25) is 0 Å². The quantitative estimate of drug-likeness (QED) is 0.346. The van der Waals surface area contributed by atoms with Gasteiger partial charge in [-0.1, -0.05) is 29.8 Å². The molecule has 0 aromatic heterocycles. The fourth-order valence-corrected chi connectivity index (χ4v) is 4.63. The molecule has 0 spiro atoms. The molecule has 7 nitrogen and oxygen atoms in total. The number of halogens is 1. The molecule has 0 radical (unpaired) electrons. The van der Waals surface area contributed by atoms with Crippen LogP contribution in [0.1, 0.15) is 6.42 Å². The van der Waals surface area contributed by atoms with Crippen molar-refractivity contribution >= 4 is 43.4 Å². The molecule has 2 aliphatic rings. The summed E-state index contributed by atoms with van der Waals surface area (Å²) in [6.07, 6.45) is 5.91. The molecule has 1 heterocycles. The maximum absolute atomic E-state index is 12.6. The Hall–Kier alpha value is -1.99. The normalized spacial score (nSPS) is 23.2. The highest BCUT2D eigenvalue weighted by molar-refractivity contribution is 7.70. The minimum Gasteiger partial charge on any atom is -0.399 e. The van der Waals surface area contributed by atoms with Crippen molar-refractivity contribution in [3.05, 3.63) is 58.9 Å². The molecule has 1 aromatic carbocycles. The number of rotatable bonds is 5. The molecular weight excluding hydrogens is 405 g/mol. The lowest BCUT2D eigenvalue weighted by Crippen LogP contribution is -2.48. The molecule has 0 fully saturated rings. The molecule has 0 amide bonds. The molecule has 1 aromatic rings. The SMILES string of the molecule is BC(N)C1=C(N)C=CC(NC2N=C(Nc3ccccc3P(C)(C)=O)C(Cl)=CN2)C1. The van der Waals surface area contributed by atoms with Crippen LogP contribution in [0.5, 0.6) is 0 Å². The highest BCUT2D eigenvalue weighted by atomic mass is 35.5. The van der Waals surface area contributed by atoms with E-state index in [2.05, 4.69) is 20.9 Å². The Morgan fingerprint density at radius 1 is 1.38 bits per heavy atom. The van der Waals surface area contributed by atoms with Crippen LogP contribution in [0, 0.1) is 0 Å². The van der Waals surface area contributed by atoms with E-state index >= 15 is 0 Å². The Kier molecular flexibility index (Phi) is 6.59. The molecule has 154 valence electrons. The fourth-order valence-electron chi connectivity index (χ4n) is 3.32. The van der Waals surface area contributed by atoms with E-state index in [4.69, 9.17) is 23.1 Å². The fraction of sp³-hybridized carbons (Fsp3) is 0.316. The Morgan fingerprint density at radius 2 is 2.10 bits per heavy atom. The number of aliphatic imine (C=N–C) groups is 1. The maximum atomic E-state index is 12.6. The van der Waals surface area contributed by atoms with Crippen molar-refractivity contribution < 1.29 is 4.57 Å². The summed E-state index contributed by atoms with van der Waals surface area (Å²) in [5.41, 5.74) is 14.5. The third-order valence-corrected chi connectivity index (χ3v) is 6.67. The molecule has 3 unspecified atom stereocenters. The second-order valence-corrected chi connectivity index (χ2v) is 11.2. The van der Waals surface area contributed by atoms with Gasteiger partial charge < -0.3 is 26.7 Å². The van der Waals surface area contributed by atoms with E-state index < -0.39 is 7.14 Å². The van der Waals surface area contributed by atoms with E-state index in [1.54, 1.807) is 19.5 Å². The van der Waals surface area contributed by atoms with E-state index in [0.29, 0.717) is 17.3 Å². The van der Waals surface area contributed by atoms with Crippen LogP contribution < -0.4 is 32.7 Å². The van der Waals surface area contributed by atoms with Crippen LogP contribution in [0.25, 0.3) is 0 Å². The van der Waals surface area contributed by atoms with Gasteiger partial charge in [-0.2, -0.15) is 0 Å². The van der Waals surface area contributed by atoms with E-state index in [0.717, 1.165) is 22.3 Å². The topological polar surface area (TPSA) is 118 Å². The molecule has 0 saturated carbocycles. The zero-order valence-electron chi connectivity index (χ0n) is 16.8. The van der Waals surface area contributed by atoms with Gasteiger partial charge >= 0.3 is 0 Å². The van der Waals surface area contributed by atoms with Gasteiger partial charge in [0.15, 0.2) is 6.29 Å². The van der Waals surface area contributed by atoms with Gasteiger partial charge in [0.25, 0.3) is 0 Å². The first-order valence-electron chi connectivity index (χ1n) is 9.45. The monoisotopic (exact) mass is 432 g/mol. The average molecular weight is 433 g/mol. The maximum Gasteiger partial charge on any atom is 0.176 e. The predicted octanol–water partition coefficient (Wildman–Crippen LogP) is 0.761. The first-order chi connectivity index (χ1) is 13.6. The third-order valence-electron chi connectivity index (χ3n) is 4.83. The number of para-hydroxylation sites is 1. The standard InChI is InChI=1S/C19H27BClN6OP/c1-29(2,28)16-6-4-3-5-15(16)26-18-13(21)10-24-19(27-18)25-11-7-8-14(22)12(9-11)17(20)23/h3-8,10-11,17,19,24-25H,9,20,22-23H2,1-2H3,(H,26,27). The zero-order chi connectivity index (χ0) is 21.2. The molecule has 3 atom stereocenters. The molecule has 3 rings (SSSR count). The van der Waals surface area contributed by atoms with Gasteiger partial charge in [-0.25, -0.2) is 4.99 Å². The van der Waals surface area contributed by atoms with Crippen LogP contribution in [0.4, 0.5) is 5.69 Å². The number of nitrogens with zero attached hydrogens (tertiary/aromatic N) is 1. The van der Waals surface area contributed by atoms with Gasteiger partial charge in [0.1, 0.15) is 20.8 Å². The highest BCUT2D eigenvalue weighted by Gasteiger charge is 2.23. The Morgan fingerprint density at radius 3 is 2.79 bits per heavy atom. The molecule has 1 aliphatic carbocycles. The number of nitrogens with two attached hydrogens (primary N) is 2. The van der Waals surface area contributed by atoms with Crippen molar-refractivity contribution in [1.29, 1.82) is 0 Å². The third kappa shape index (κ3) is 5.34. The van der Waals surface area contributed by atoms with Crippen LogP contribution in [0.15, 0.2) is 63.9 Å². The number of nitrogens with one attached hydrogen (secondary N) is 3. The van der Waals surface area contributed by atoms with Crippen molar-refractivity contribution in [1.82, 2.24) is 10.6 Å². The number of allylic oxidation sites excluding steroid dienone is 1. The van der Waals surface area contributed by atoms with Gasteiger partial charge in [-0.15, -0.1) is 0 Å². The molecule has 10 heteroatoms. The predicted molar refractivity (Wildman–Crippen MR) is 126 cm³/mol. The van der Waals surface area contributed by atoms with E-state index in [1.807, 2.05) is 44.3 Å². The lowest BCUT2D eigenvalue weighted by Gasteiger charge is -2.29. The van der Waals surface area contributed by atoms with Gasteiger partial charge in [-0.05, 0) is 49.5 Å². The first-order valence-corrected chi connectivity index (χ1v) is 12.4. The van der Waals surface area contributed by atoms with E-state index in [1.165, 1.54) is 0 Å². The summed E-state index contributed by atoms with van der Waals surface area (Å²) in [5, 5.41) is 11.0. The average Bonchev–Trinajstić information content (AvgIpc) is 2.65. The van der Waals surface area contributed by atoms with Crippen molar-refractivity contribution in [3.8, 4) is 0 Å². The minimum absolute atomic E-state index is 0.0369. The number of hydrogen-bond donors (Lipinski definition) is 5. The summed E-state index contributed by atoms with van der Waals surface area (Å²) in [6, 6.07) is 7.53. The van der Waals surface area contributed by atoms with Crippen LogP contribution >= 0.6 is 18.7 Å². The molecule has 29 heavy (non-hydrogen) atoms. The summed E-state index contributed by atoms with van der Waals surface area (Å²) in [7, 11) is -0.531. The first kappa shape index (κ1) is 21.7. The van der Waals surface area contributed by atoms with Crippen molar-refractivity contribution in [2.24, 2.45) is 16.5 Å². The molecule has 0 bridgehead atoms.